The van der Waals surface area contributed by atoms with Gasteiger partial charge < -0.3 is 10.1 Å². The van der Waals surface area contributed by atoms with E-state index < -0.39 is 5.97 Å². The molecule has 0 amide bonds. The fraction of sp³-hybridized carbons (Fsp3) is 0.0625. The maximum Gasteiger partial charge on any atom is 0.352 e. The lowest BCUT2D eigenvalue weighted by molar-refractivity contribution is 0.0692. The quantitative estimate of drug-likeness (QED) is 0.728. The third kappa shape index (κ3) is 2.06. The van der Waals surface area contributed by atoms with Crippen LogP contribution in [0.4, 0.5) is 0 Å². The molecular formula is C16H12ClNO2. The van der Waals surface area contributed by atoms with Gasteiger partial charge in [-0.25, -0.2) is 4.79 Å². The zero-order chi connectivity index (χ0) is 14.3. The van der Waals surface area contributed by atoms with E-state index >= 15 is 0 Å². The van der Waals surface area contributed by atoms with Crippen LogP contribution in [-0.4, -0.2) is 16.1 Å². The second-order valence-corrected chi connectivity index (χ2v) is 5.17. The van der Waals surface area contributed by atoms with Crippen LogP contribution in [0.25, 0.3) is 22.0 Å². The van der Waals surface area contributed by atoms with Gasteiger partial charge in [-0.2, -0.15) is 0 Å². The molecule has 4 heteroatoms. The lowest BCUT2D eigenvalue weighted by Gasteiger charge is -2.03. The molecular weight excluding hydrogens is 274 g/mol. The number of carboxylic acids is 1. The Kier molecular flexibility index (Phi) is 2.99. The molecule has 3 nitrogen and oxygen atoms in total. The van der Waals surface area contributed by atoms with Crippen LogP contribution in [0.2, 0.25) is 5.02 Å². The first-order valence-corrected chi connectivity index (χ1v) is 6.55. The topological polar surface area (TPSA) is 53.1 Å². The number of rotatable bonds is 2. The van der Waals surface area contributed by atoms with Crippen molar-refractivity contribution in [2.75, 3.05) is 0 Å². The number of nitrogens with one attached hydrogen (secondary N) is 1. The SMILES string of the molecule is Cc1ccc2[nH]c(C(=O)O)c(-c3ccc(Cl)cc3)c2c1. The first-order valence-electron chi connectivity index (χ1n) is 6.18. The van der Waals surface area contributed by atoms with Gasteiger partial charge in [0.25, 0.3) is 0 Å². The van der Waals surface area contributed by atoms with E-state index in [-0.39, 0.29) is 5.69 Å². The van der Waals surface area contributed by atoms with Crippen molar-refractivity contribution in [1.29, 1.82) is 0 Å². The Morgan fingerprint density at radius 1 is 1.15 bits per heavy atom. The van der Waals surface area contributed by atoms with Crippen LogP contribution in [0.5, 0.6) is 0 Å². The van der Waals surface area contributed by atoms with Gasteiger partial charge in [-0.15, -0.1) is 0 Å². The Hall–Kier alpha value is -2.26. The van der Waals surface area contributed by atoms with E-state index in [0.717, 1.165) is 22.0 Å². The number of hydrogen-bond donors (Lipinski definition) is 2. The Morgan fingerprint density at radius 2 is 1.85 bits per heavy atom. The van der Waals surface area contributed by atoms with Gasteiger partial charge in [0.05, 0.1) is 0 Å². The summed E-state index contributed by atoms with van der Waals surface area (Å²) < 4.78 is 0. The fourth-order valence-electron chi connectivity index (χ4n) is 2.38. The molecule has 0 saturated heterocycles. The molecule has 0 unspecified atom stereocenters. The summed E-state index contributed by atoms with van der Waals surface area (Å²) in [6.07, 6.45) is 0. The van der Waals surface area contributed by atoms with E-state index in [0.29, 0.717) is 10.6 Å². The van der Waals surface area contributed by atoms with E-state index in [9.17, 15) is 9.90 Å². The Bertz CT molecular complexity index is 803. The number of aromatic carboxylic acids is 1. The Labute approximate surface area is 120 Å². The van der Waals surface area contributed by atoms with Crippen LogP contribution in [0.1, 0.15) is 16.1 Å². The molecule has 100 valence electrons. The van der Waals surface area contributed by atoms with Crippen LogP contribution < -0.4 is 0 Å². The van der Waals surface area contributed by atoms with Crippen molar-refractivity contribution >= 4 is 28.5 Å². The summed E-state index contributed by atoms with van der Waals surface area (Å²) >= 11 is 5.89. The summed E-state index contributed by atoms with van der Waals surface area (Å²) in [6.45, 7) is 1.98. The van der Waals surface area contributed by atoms with Gasteiger partial charge in [0.15, 0.2) is 0 Å². The van der Waals surface area contributed by atoms with Crippen LogP contribution in [0.3, 0.4) is 0 Å². The molecule has 0 radical (unpaired) electrons. The number of aromatic amines is 1. The van der Waals surface area contributed by atoms with Crippen LogP contribution >= 0.6 is 11.6 Å². The number of aromatic nitrogens is 1. The van der Waals surface area contributed by atoms with Crippen molar-refractivity contribution in [3.05, 3.63) is 58.7 Å². The maximum absolute atomic E-state index is 11.5. The number of fused-ring (bicyclic) bond motifs is 1. The molecule has 2 N–H and O–H groups in total. The minimum absolute atomic E-state index is 0.202. The molecule has 2 aromatic carbocycles. The van der Waals surface area contributed by atoms with E-state index in [1.165, 1.54) is 0 Å². The molecule has 0 saturated carbocycles. The molecule has 1 aromatic heterocycles. The third-order valence-electron chi connectivity index (χ3n) is 3.30. The predicted octanol–water partition coefficient (Wildman–Crippen LogP) is 4.49. The van der Waals surface area contributed by atoms with E-state index in [4.69, 9.17) is 11.6 Å². The highest BCUT2D eigenvalue weighted by molar-refractivity contribution is 6.30. The van der Waals surface area contributed by atoms with Crippen molar-refractivity contribution in [2.24, 2.45) is 0 Å². The first kappa shape index (κ1) is 12.8. The molecule has 20 heavy (non-hydrogen) atoms. The summed E-state index contributed by atoms with van der Waals surface area (Å²) in [4.78, 5) is 14.4. The molecule has 0 fully saturated rings. The third-order valence-corrected chi connectivity index (χ3v) is 3.55. The Morgan fingerprint density at radius 3 is 2.50 bits per heavy atom. The molecule has 0 aliphatic rings. The number of aryl methyl sites for hydroxylation is 1. The number of halogens is 1. The van der Waals surface area contributed by atoms with Crippen molar-refractivity contribution in [3.63, 3.8) is 0 Å². The monoisotopic (exact) mass is 285 g/mol. The van der Waals surface area contributed by atoms with E-state index in [2.05, 4.69) is 4.98 Å². The van der Waals surface area contributed by atoms with Crippen LogP contribution in [0.15, 0.2) is 42.5 Å². The highest BCUT2D eigenvalue weighted by atomic mass is 35.5. The van der Waals surface area contributed by atoms with Crippen molar-refractivity contribution in [3.8, 4) is 11.1 Å². The highest BCUT2D eigenvalue weighted by Crippen LogP contribution is 2.33. The zero-order valence-electron chi connectivity index (χ0n) is 10.8. The van der Waals surface area contributed by atoms with Gasteiger partial charge in [0.1, 0.15) is 5.69 Å². The minimum atomic E-state index is -0.969. The summed E-state index contributed by atoms with van der Waals surface area (Å²) in [6, 6.07) is 13.0. The van der Waals surface area contributed by atoms with Crippen molar-refractivity contribution in [2.45, 2.75) is 6.92 Å². The van der Waals surface area contributed by atoms with Gasteiger partial charge >= 0.3 is 5.97 Å². The molecule has 0 bridgehead atoms. The van der Waals surface area contributed by atoms with Crippen molar-refractivity contribution in [1.82, 2.24) is 4.98 Å². The highest BCUT2D eigenvalue weighted by Gasteiger charge is 2.18. The van der Waals surface area contributed by atoms with Gasteiger partial charge in [0.2, 0.25) is 0 Å². The van der Waals surface area contributed by atoms with Gasteiger partial charge in [-0.05, 0) is 36.8 Å². The number of hydrogen-bond acceptors (Lipinski definition) is 1. The molecule has 3 aromatic rings. The Balaban J connectivity index is 2.36. The van der Waals surface area contributed by atoms with Gasteiger partial charge in [-0.1, -0.05) is 35.4 Å². The molecule has 3 rings (SSSR count). The van der Waals surface area contributed by atoms with E-state index in [1.54, 1.807) is 12.1 Å². The largest absolute Gasteiger partial charge is 0.477 e. The number of H-pyrrole nitrogens is 1. The van der Waals surface area contributed by atoms with Crippen LogP contribution in [0, 0.1) is 6.92 Å². The average molecular weight is 286 g/mol. The summed E-state index contributed by atoms with van der Waals surface area (Å²) in [7, 11) is 0. The summed E-state index contributed by atoms with van der Waals surface area (Å²) in [5, 5.41) is 10.9. The molecule has 0 spiro atoms. The molecule has 0 atom stereocenters. The van der Waals surface area contributed by atoms with Crippen molar-refractivity contribution < 1.29 is 9.90 Å². The predicted molar refractivity (Wildman–Crippen MR) is 80.4 cm³/mol. The minimum Gasteiger partial charge on any atom is -0.477 e. The smallest absolute Gasteiger partial charge is 0.352 e. The summed E-state index contributed by atoms with van der Waals surface area (Å²) in [5.74, 6) is -0.969. The molecule has 0 aliphatic heterocycles. The zero-order valence-corrected chi connectivity index (χ0v) is 11.5. The van der Waals surface area contributed by atoms with Gasteiger partial charge in [0, 0.05) is 21.5 Å². The molecule has 0 aliphatic carbocycles. The standard InChI is InChI=1S/C16H12ClNO2/c1-9-2-7-13-12(8-9)14(15(18-13)16(19)20)10-3-5-11(17)6-4-10/h2-8,18H,1H3,(H,19,20). The normalized spacial score (nSPS) is 10.9. The fourth-order valence-corrected chi connectivity index (χ4v) is 2.51. The second kappa shape index (κ2) is 4.69. The lowest BCUT2D eigenvalue weighted by atomic mass is 10.0. The first-order chi connectivity index (χ1) is 9.56. The number of carbonyl (C=O) groups is 1. The number of carboxylic acid groups (broad SMARTS) is 1. The van der Waals surface area contributed by atoms with Gasteiger partial charge in [-0.3, -0.25) is 0 Å². The average Bonchev–Trinajstić information content (AvgIpc) is 2.78. The summed E-state index contributed by atoms with van der Waals surface area (Å²) in [5.41, 5.74) is 3.64. The second-order valence-electron chi connectivity index (χ2n) is 4.74. The molecule has 1 heterocycles. The number of benzene rings is 2. The van der Waals surface area contributed by atoms with E-state index in [1.807, 2.05) is 37.3 Å². The lowest BCUT2D eigenvalue weighted by Crippen LogP contribution is -1.98. The maximum atomic E-state index is 11.5. The van der Waals surface area contributed by atoms with Crippen LogP contribution in [-0.2, 0) is 0 Å².